The standard InChI is InChI=1S/C26H37N3O6S/c1-8-22(26(31)27-18(2)3)28(16-20-12-10-9-11-19(20)4)25(30)17-29(36(7,32)33)21-13-14-23(34-5)24(15-21)35-6/h9-15,18,22H,8,16-17H2,1-7H3,(H,27,31). The Kier molecular flexibility index (Phi) is 10.2. The van der Waals surface area contributed by atoms with Crippen LogP contribution < -0.4 is 19.1 Å². The Labute approximate surface area is 214 Å². The van der Waals surface area contributed by atoms with E-state index in [1.165, 1.54) is 25.2 Å². The van der Waals surface area contributed by atoms with Gasteiger partial charge >= 0.3 is 0 Å². The van der Waals surface area contributed by atoms with Crippen molar-refractivity contribution in [1.29, 1.82) is 0 Å². The lowest BCUT2D eigenvalue weighted by Gasteiger charge is -2.33. The predicted octanol–water partition coefficient (Wildman–Crippen LogP) is 3.11. The average Bonchev–Trinajstić information content (AvgIpc) is 2.81. The van der Waals surface area contributed by atoms with Crippen LogP contribution in [0.15, 0.2) is 42.5 Å². The monoisotopic (exact) mass is 519 g/mol. The van der Waals surface area contributed by atoms with Crippen LogP contribution in [0, 0.1) is 6.92 Å². The third kappa shape index (κ3) is 7.36. The molecular formula is C26H37N3O6S. The Bertz CT molecular complexity index is 1170. The van der Waals surface area contributed by atoms with Crippen LogP contribution in [0.3, 0.4) is 0 Å². The molecule has 0 aromatic heterocycles. The van der Waals surface area contributed by atoms with Gasteiger partial charge in [0, 0.05) is 18.7 Å². The zero-order valence-corrected chi connectivity index (χ0v) is 22.9. The van der Waals surface area contributed by atoms with Gasteiger partial charge in [-0.05, 0) is 50.5 Å². The SMILES string of the molecule is CCC(C(=O)NC(C)C)N(Cc1ccccc1C)C(=O)CN(c1ccc(OC)c(OC)c1)S(C)(=O)=O. The molecule has 36 heavy (non-hydrogen) atoms. The topological polar surface area (TPSA) is 105 Å². The fraction of sp³-hybridized carbons (Fsp3) is 0.462. The third-order valence-corrected chi connectivity index (χ3v) is 6.89. The van der Waals surface area contributed by atoms with Gasteiger partial charge in [-0.2, -0.15) is 0 Å². The number of amides is 2. The molecule has 0 aliphatic rings. The second-order valence-corrected chi connectivity index (χ2v) is 10.8. The minimum atomic E-state index is -3.85. The molecule has 0 heterocycles. The van der Waals surface area contributed by atoms with Gasteiger partial charge in [-0.25, -0.2) is 8.42 Å². The van der Waals surface area contributed by atoms with Crippen molar-refractivity contribution in [3.05, 3.63) is 53.6 Å². The van der Waals surface area contributed by atoms with Crippen molar-refractivity contribution in [2.75, 3.05) is 31.3 Å². The predicted molar refractivity (Wildman–Crippen MR) is 141 cm³/mol. The van der Waals surface area contributed by atoms with Gasteiger partial charge in [0.15, 0.2) is 11.5 Å². The summed E-state index contributed by atoms with van der Waals surface area (Å²) in [6, 6.07) is 11.3. The van der Waals surface area contributed by atoms with Crippen molar-refractivity contribution >= 4 is 27.5 Å². The van der Waals surface area contributed by atoms with Crippen molar-refractivity contribution < 1.29 is 27.5 Å². The summed E-state index contributed by atoms with van der Waals surface area (Å²) in [5.74, 6) is -0.0232. The quantitative estimate of drug-likeness (QED) is 0.462. The van der Waals surface area contributed by atoms with E-state index in [1.54, 1.807) is 12.1 Å². The van der Waals surface area contributed by atoms with Crippen LogP contribution in [0.5, 0.6) is 11.5 Å². The number of hydrogen-bond donors (Lipinski definition) is 1. The summed E-state index contributed by atoms with van der Waals surface area (Å²) in [6.07, 6.45) is 1.40. The number of hydrogen-bond acceptors (Lipinski definition) is 6. The molecule has 2 rings (SSSR count). The fourth-order valence-corrected chi connectivity index (χ4v) is 4.71. The molecule has 1 atom stereocenters. The molecule has 198 valence electrons. The Balaban J connectivity index is 2.50. The molecule has 0 radical (unpaired) electrons. The Morgan fingerprint density at radius 2 is 1.67 bits per heavy atom. The van der Waals surface area contributed by atoms with E-state index in [9.17, 15) is 18.0 Å². The average molecular weight is 520 g/mol. The lowest BCUT2D eigenvalue weighted by Crippen LogP contribution is -2.53. The van der Waals surface area contributed by atoms with Gasteiger partial charge in [0.2, 0.25) is 21.8 Å². The number of rotatable bonds is 12. The van der Waals surface area contributed by atoms with Crippen LogP contribution in [0.1, 0.15) is 38.3 Å². The molecule has 0 bridgehead atoms. The van der Waals surface area contributed by atoms with Crippen LogP contribution in [0.25, 0.3) is 0 Å². The highest BCUT2D eigenvalue weighted by Gasteiger charge is 2.32. The first-order valence-electron chi connectivity index (χ1n) is 11.8. The van der Waals surface area contributed by atoms with Gasteiger partial charge in [0.1, 0.15) is 12.6 Å². The number of carbonyl (C=O) groups excluding carboxylic acids is 2. The second-order valence-electron chi connectivity index (χ2n) is 8.84. The van der Waals surface area contributed by atoms with Crippen molar-refractivity contribution in [2.24, 2.45) is 0 Å². The van der Waals surface area contributed by atoms with Gasteiger partial charge in [0.25, 0.3) is 0 Å². The molecule has 0 saturated heterocycles. The maximum atomic E-state index is 13.7. The molecule has 0 spiro atoms. The largest absolute Gasteiger partial charge is 0.493 e. The molecule has 1 N–H and O–H groups in total. The molecule has 0 aliphatic carbocycles. The molecule has 0 fully saturated rings. The number of nitrogens with one attached hydrogen (secondary N) is 1. The highest BCUT2D eigenvalue weighted by Crippen LogP contribution is 2.32. The van der Waals surface area contributed by atoms with Crippen molar-refractivity contribution in [3.8, 4) is 11.5 Å². The minimum absolute atomic E-state index is 0.110. The van der Waals surface area contributed by atoms with Gasteiger partial charge in [0.05, 0.1) is 26.2 Å². The fourth-order valence-electron chi connectivity index (χ4n) is 3.86. The number of methoxy groups -OCH3 is 2. The molecule has 2 amide bonds. The van der Waals surface area contributed by atoms with Crippen molar-refractivity contribution in [3.63, 3.8) is 0 Å². The zero-order chi connectivity index (χ0) is 27.0. The smallest absolute Gasteiger partial charge is 0.244 e. The Morgan fingerprint density at radius 3 is 2.19 bits per heavy atom. The summed E-state index contributed by atoms with van der Waals surface area (Å²) in [5.41, 5.74) is 2.09. The lowest BCUT2D eigenvalue weighted by atomic mass is 10.1. The Hall–Kier alpha value is -3.27. The van der Waals surface area contributed by atoms with E-state index in [-0.39, 0.29) is 24.2 Å². The van der Waals surface area contributed by atoms with E-state index in [4.69, 9.17) is 9.47 Å². The number of sulfonamides is 1. The highest BCUT2D eigenvalue weighted by molar-refractivity contribution is 7.92. The van der Waals surface area contributed by atoms with Crippen LogP contribution in [-0.4, -0.2) is 64.2 Å². The van der Waals surface area contributed by atoms with Gasteiger partial charge in [-0.3, -0.25) is 13.9 Å². The molecule has 1 unspecified atom stereocenters. The summed E-state index contributed by atoms with van der Waals surface area (Å²) < 4.78 is 37.1. The van der Waals surface area contributed by atoms with Crippen molar-refractivity contribution in [1.82, 2.24) is 10.2 Å². The molecule has 10 heteroatoms. The van der Waals surface area contributed by atoms with Gasteiger partial charge < -0.3 is 19.7 Å². The van der Waals surface area contributed by atoms with E-state index in [0.29, 0.717) is 17.9 Å². The molecule has 0 saturated carbocycles. The first kappa shape index (κ1) is 29.0. The van der Waals surface area contributed by atoms with Crippen LogP contribution in [0.2, 0.25) is 0 Å². The molecule has 2 aromatic carbocycles. The second kappa shape index (κ2) is 12.6. The summed E-state index contributed by atoms with van der Waals surface area (Å²) >= 11 is 0. The first-order chi connectivity index (χ1) is 16.9. The van der Waals surface area contributed by atoms with Crippen molar-refractivity contribution in [2.45, 2.75) is 52.7 Å². The normalized spacial score (nSPS) is 12.1. The summed E-state index contributed by atoms with van der Waals surface area (Å²) in [4.78, 5) is 28.2. The summed E-state index contributed by atoms with van der Waals surface area (Å²) in [7, 11) is -0.932. The molecular weight excluding hydrogens is 482 g/mol. The van der Waals surface area contributed by atoms with Gasteiger partial charge in [-0.15, -0.1) is 0 Å². The first-order valence-corrected chi connectivity index (χ1v) is 13.6. The summed E-state index contributed by atoms with van der Waals surface area (Å²) in [5, 5.41) is 2.88. The number of ether oxygens (including phenoxy) is 2. The van der Waals surface area contributed by atoms with E-state index in [1.807, 2.05) is 52.0 Å². The van der Waals surface area contributed by atoms with E-state index in [0.717, 1.165) is 21.7 Å². The lowest BCUT2D eigenvalue weighted by molar-refractivity contribution is -0.140. The number of aryl methyl sites for hydroxylation is 1. The van der Waals surface area contributed by atoms with Crippen LogP contribution in [-0.2, 0) is 26.2 Å². The maximum absolute atomic E-state index is 13.7. The number of nitrogens with zero attached hydrogens (tertiary/aromatic N) is 2. The molecule has 2 aromatic rings. The minimum Gasteiger partial charge on any atom is -0.493 e. The zero-order valence-electron chi connectivity index (χ0n) is 22.1. The summed E-state index contributed by atoms with van der Waals surface area (Å²) in [6.45, 7) is 7.14. The van der Waals surface area contributed by atoms with Gasteiger partial charge in [-0.1, -0.05) is 31.2 Å². The van der Waals surface area contributed by atoms with E-state index < -0.39 is 28.5 Å². The number of benzene rings is 2. The Morgan fingerprint density at radius 1 is 1.03 bits per heavy atom. The number of carbonyl (C=O) groups is 2. The third-order valence-electron chi connectivity index (χ3n) is 5.75. The molecule has 9 nitrogen and oxygen atoms in total. The number of anilines is 1. The van der Waals surface area contributed by atoms with Crippen LogP contribution in [0.4, 0.5) is 5.69 Å². The van der Waals surface area contributed by atoms with E-state index in [2.05, 4.69) is 5.32 Å². The van der Waals surface area contributed by atoms with E-state index >= 15 is 0 Å². The maximum Gasteiger partial charge on any atom is 0.244 e. The molecule has 0 aliphatic heterocycles. The van der Waals surface area contributed by atoms with Crippen LogP contribution >= 0.6 is 0 Å². The highest BCUT2D eigenvalue weighted by atomic mass is 32.2.